The van der Waals surface area contributed by atoms with Gasteiger partial charge in [-0.3, -0.25) is 0 Å². The molecule has 2 amide bonds. The molecule has 24 heavy (non-hydrogen) atoms. The van der Waals surface area contributed by atoms with Crippen LogP contribution >= 0.6 is 11.3 Å². The molecule has 1 heterocycles. The number of carbonyl (C=O) groups excluding carboxylic acids is 1. The van der Waals surface area contributed by atoms with Gasteiger partial charge < -0.3 is 10.6 Å². The zero-order chi connectivity index (χ0) is 17.2. The van der Waals surface area contributed by atoms with Gasteiger partial charge in [0.25, 0.3) is 0 Å². The summed E-state index contributed by atoms with van der Waals surface area (Å²) >= 11 is 1.45. The van der Waals surface area contributed by atoms with Gasteiger partial charge >= 0.3 is 12.2 Å². The van der Waals surface area contributed by atoms with Crippen LogP contribution in [0.1, 0.15) is 10.6 Å². The molecule has 124 valence electrons. The minimum absolute atomic E-state index is 0.0756. The van der Waals surface area contributed by atoms with Crippen molar-refractivity contribution in [3.05, 3.63) is 59.1 Å². The van der Waals surface area contributed by atoms with Gasteiger partial charge in [0.2, 0.25) is 0 Å². The summed E-state index contributed by atoms with van der Waals surface area (Å²) in [5.41, 5.74) is 0.107. The Morgan fingerprint density at radius 2 is 1.92 bits per heavy atom. The number of anilines is 1. The molecule has 0 saturated carbocycles. The molecule has 8 heteroatoms. The van der Waals surface area contributed by atoms with Crippen molar-refractivity contribution < 1.29 is 18.0 Å². The van der Waals surface area contributed by atoms with E-state index in [1.165, 1.54) is 23.5 Å². The summed E-state index contributed by atoms with van der Waals surface area (Å²) in [4.78, 5) is 16.2. The monoisotopic (exact) mass is 351 g/mol. The number of urea groups is 1. The number of carbonyl (C=O) groups is 1. The lowest BCUT2D eigenvalue weighted by Crippen LogP contribution is -2.28. The zero-order valence-corrected chi connectivity index (χ0v) is 13.0. The van der Waals surface area contributed by atoms with Crippen LogP contribution in [-0.4, -0.2) is 11.0 Å². The fraction of sp³-hybridized carbons (Fsp3) is 0.125. The molecule has 1 aromatic heterocycles. The second-order valence-electron chi connectivity index (χ2n) is 4.96. The molecule has 2 N–H and O–H groups in total. The highest BCUT2D eigenvalue weighted by Crippen LogP contribution is 2.30. The quantitative estimate of drug-likeness (QED) is 0.722. The van der Waals surface area contributed by atoms with E-state index in [2.05, 4.69) is 15.6 Å². The van der Waals surface area contributed by atoms with Crippen LogP contribution in [-0.2, 0) is 12.7 Å². The summed E-state index contributed by atoms with van der Waals surface area (Å²) in [5, 5.41) is 5.69. The molecule has 0 fully saturated rings. The average molecular weight is 351 g/mol. The zero-order valence-electron chi connectivity index (χ0n) is 12.2. The van der Waals surface area contributed by atoms with Crippen molar-refractivity contribution in [1.29, 1.82) is 0 Å². The molecule has 2 aromatic carbocycles. The number of alkyl halides is 3. The first-order valence-corrected chi connectivity index (χ1v) is 7.80. The van der Waals surface area contributed by atoms with Gasteiger partial charge in [-0.15, -0.1) is 11.3 Å². The molecule has 0 bridgehead atoms. The van der Waals surface area contributed by atoms with E-state index < -0.39 is 17.8 Å². The van der Waals surface area contributed by atoms with Crippen LogP contribution in [0.4, 0.5) is 23.7 Å². The van der Waals surface area contributed by atoms with Gasteiger partial charge in [-0.05, 0) is 30.3 Å². The fourth-order valence-corrected chi connectivity index (χ4v) is 3.01. The van der Waals surface area contributed by atoms with Gasteiger partial charge in [-0.1, -0.05) is 18.2 Å². The van der Waals surface area contributed by atoms with Crippen molar-refractivity contribution in [2.45, 2.75) is 12.7 Å². The van der Waals surface area contributed by atoms with Gasteiger partial charge in [-0.2, -0.15) is 13.2 Å². The number of amides is 2. The number of benzene rings is 2. The first kappa shape index (κ1) is 16.3. The van der Waals surface area contributed by atoms with E-state index in [0.29, 0.717) is 0 Å². The van der Waals surface area contributed by atoms with Gasteiger partial charge in [0.05, 0.1) is 22.3 Å². The molecule has 0 unspecified atom stereocenters. The summed E-state index contributed by atoms with van der Waals surface area (Å²) in [6.07, 6.45) is -4.45. The Labute approximate surface area is 139 Å². The third kappa shape index (κ3) is 3.83. The largest absolute Gasteiger partial charge is 0.416 e. The molecule has 3 aromatic rings. The Bertz CT molecular complexity index is 843. The van der Waals surface area contributed by atoms with Crippen molar-refractivity contribution in [3.63, 3.8) is 0 Å². The van der Waals surface area contributed by atoms with E-state index in [9.17, 15) is 18.0 Å². The first-order chi connectivity index (χ1) is 11.4. The Balaban J connectivity index is 1.61. The smallest absolute Gasteiger partial charge is 0.331 e. The lowest BCUT2D eigenvalue weighted by Gasteiger charge is -2.10. The molecule has 0 spiro atoms. The molecule has 0 radical (unpaired) electrons. The van der Waals surface area contributed by atoms with Crippen molar-refractivity contribution in [3.8, 4) is 0 Å². The Hall–Kier alpha value is -2.61. The predicted octanol–water partition coefficient (Wildman–Crippen LogP) is 4.64. The SMILES string of the molecule is O=C(NCc1nc2ccccc2s1)Nc1cccc(C(F)(F)F)c1. The molecule has 0 aliphatic carbocycles. The molecular weight excluding hydrogens is 339 g/mol. The number of nitrogens with zero attached hydrogens (tertiary/aromatic N) is 1. The maximum atomic E-state index is 12.6. The van der Waals surface area contributed by atoms with Gasteiger partial charge in [-0.25, -0.2) is 9.78 Å². The highest BCUT2D eigenvalue weighted by atomic mass is 32.1. The molecular formula is C16H12F3N3OS. The van der Waals surface area contributed by atoms with E-state index in [1.54, 1.807) is 0 Å². The molecule has 4 nitrogen and oxygen atoms in total. The highest BCUT2D eigenvalue weighted by molar-refractivity contribution is 7.18. The second kappa shape index (κ2) is 6.48. The van der Waals surface area contributed by atoms with Gasteiger partial charge in [0.15, 0.2) is 0 Å². The molecule has 0 atom stereocenters. The number of hydrogen-bond donors (Lipinski definition) is 2. The van der Waals surface area contributed by atoms with Crippen molar-refractivity contribution in [2.75, 3.05) is 5.32 Å². The van der Waals surface area contributed by atoms with Crippen LogP contribution in [0.15, 0.2) is 48.5 Å². The lowest BCUT2D eigenvalue weighted by molar-refractivity contribution is -0.137. The van der Waals surface area contributed by atoms with E-state index in [0.717, 1.165) is 27.4 Å². The standard InChI is InChI=1S/C16H12F3N3OS/c17-16(18,19)10-4-3-5-11(8-10)21-15(23)20-9-14-22-12-6-1-2-7-13(12)24-14/h1-8H,9H2,(H2,20,21,23). The van der Waals surface area contributed by atoms with E-state index in [4.69, 9.17) is 0 Å². The average Bonchev–Trinajstić information content (AvgIpc) is 2.95. The molecule has 0 aliphatic heterocycles. The summed E-state index contributed by atoms with van der Waals surface area (Å²) in [6.45, 7) is 0.199. The minimum Gasteiger partial charge on any atom is -0.331 e. The third-order valence-electron chi connectivity index (χ3n) is 3.19. The van der Waals surface area contributed by atoms with Crippen LogP contribution in [0, 0.1) is 0 Å². The number of fused-ring (bicyclic) bond motifs is 1. The molecule has 0 saturated heterocycles. The Morgan fingerprint density at radius 1 is 1.12 bits per heavy atom. The number of hydrogen-bond acceptors (Lipinski definition) is 3. The number of thiazole rings is 1. The normalized spacial score (nSPS) is 11.5. The topological polar surface area (TPSA) is 54.0 Å². The number of rotatable bonds is 3. The van der Waals surface area contributed by atoms with E-state index in [-0.39, 0.29) is 12.2 Å². The summed E-state index contributed by atoms with van der Waals surface area (Å²) in [6, 6.07) is 11.5. The number of halogens is 3. The lowest BCUT2D eigenvalue weighted by atomic mass is 10.2. The van der Waals surface area contributed by atoms with Crippen LogP contribution in [0.3, 0.4) is 0 Å². The summed E-state index contributed by atoms with van der Waals surface area (Å²) in [7, 11) is 0. The van der Waals surface area contributed by atoms with E-state index in [1.807, 2.05) is 24.3 Å². The van der Waals surface area contributed by atoms with Crippen molar-refractivity contribution in [1.82, 2.24) is 10.3 Å². The van der Waals surface area contributed by atoms with Crippen LogP contribution < -0.4 is 10.6 Å². The van der Waals surface area contributed by atoms with E-state index >= 15 is 0 Å². The van der Waals surface area contributed by atoms with Crippen molar-refractivity contribution >= 4 is 33.3 Å². The number of aromatic nitrogens is 1. The van der Waals surface area contributed by atoms with Crippen LogP contribution in [0.5, 0.6) is 0 Å². The van der Waals surface area contributed by atoms with Gasteiger partial charge in [0, 0.05) is 5.69 Å². The highest BCUT2D eigenvalue weighted by Gasteiger charge is 2.30. The van der Waals surface area contributed by atoms with Crippen molar-refractivity contribution in [2.24, 2.45) is 0 Å². The van der Waals surface area contributed by atoms with Crippen LogP contribution in [0.2, 0.25) is 0 Å². The minimum atomic E-state index is -4.45. The molecule has 0 aliphatic rings. The Morgan fingerprint density at radius 3 is 2.67 bits per heavy atom. The summed E-state index contributed by atoms with van der Waals surface area (Å²) in [5.74, 6) is 0. The third-order valence-corrected chi connectivity index (χ3v) is 4.22. The number of para-hydroxylation sites is 1. The predicted molar refractivity (Wildman–Crippen MR) is 86.9 cm³/mol. The maximum absolute atomic E-state index is 12.6. The molecule has 3 rings (SSSR count). The van der Waals surface area contributed by atoms with Gasteiger partial charge in [0.1, 0.15) is 5.01 Å². The van der Waals surface area contributed by atoms with Crippen LogP contribution in [0.25, 0.3) is 10.2 Å². The summed E-state index contributed by atoms with van der Waals surface area (Å²) < 4.78 is 38.9. The Kier molecular flexibility index (Phi) is 4.39. The maximum Gasteiger partial charge on any atom is 0.416 e. The number of nitrogens with one attached hydrogen (secondary N) is 2. The first-order valence-electron chi connectivity index (χ1n) is 6.98. The second-order valence-corrected chi connectivity index (χ2v) is 6.08. The fourth-order valence-electron chi connectivity index (χ4n) is 2.10.